The fourth-order valence-corrected chi connectivity index (χ4v) is 1.43. The first kappa shape index (κ1) is 12.6. The van der Waals surface area contributed by atoms with Gasteiger partial charge in [0, 0.05) is 0 Å². The predicted octanol–water partition coefficient (Wildman–Crippen LogP) is -2.79. The lowest BCUT2D eigenvalue weighted by Crippen LogP contribution is -2.64. The van der Waals surface area contributed by atoms with E-state index in [-0.39, 0.29) is 0 Å². The Kier molecular flexibility index (Phi) is 3.87. The van der Waals surface area contributed by atoms with Gasteiger partial charge in [0.1, 0.15) is 18.3 Å². The molecule has 1 saturated heterocycles. The van der Waals surface area contributed by atoms with Crippen LogP contribution in [-0.4, -0.2) is 67.6 Å². The highest BCUT2D eigenvalue weighted by molar-refractivity contribution is 7.78. The maximum absolute atomic E-state index is 9.58. The number of rotatable bonds is 2. The Morgan fingerprint density at radius 3 is 2.40 bits per heavy atom. The Morgan fingerprint density at radius 2 is 1.93 bits per heavy atom. The Bertz CT molecular complexity index is 281. The second-order valence-electron chi connectivity index (χ2n) is 3.13. The number of hydrogen-bond donors (Lipinski definition) is 5. The SMILES string of the molecule is OC[C@H]1OC(O)(N=C=S)[C@@H](O)[C@@H](O)[C@@H]1O. The summed E-state index contributed by atoms with van der Waals surface area (Å²) >= 11 is 4.23. The first-order valence-electron chi connectivity index (χ1n) is 4.10. The summed E-state index contributed by atoms with van der Waals surface area (Å²) in [4.78, 5) is 3.15. The van der Waals surface area contributed by atoms with Gasteiger partial charge < -0.3 is 30.3 Å². The highest BCUT2D eigenvalue weighted by Gasteiger charge is 2.53. The molecule has 1 fully saturated rings. The Balaban J connectivity index is 2.97. The number of hydrogen-bond acceptors (Lipinski definition) is 8. The van der Waals surface area contributed by atoms with Crippen molar-refractivity contribution in [2.75, 3.05) is 6.61 Å². The summed E-state index contributed by atoms with van der Waals surface area (Å²) in [6.45, 7) is -0.653. The molecule has 1 heterocycles. The summed E-state index contributed by atoms with van der Waals surface area (Å²) in [6.07, 6.45) is -6.36. The number of isothiocyanates is 1. The van der Waals surface area contributed by atoms with Crippen LogP contribution in [0.1, 0.15) is 0 Å². The molecule has 0 saturated carbocycles. The Labute approximate surface area is 90.3 Å². The molecule has 5 atom stereocenters. The monoisotopic (exact) mass is 237 g/mol. The minimum Gasteiger partial charge on any atom is -0.394 e. The summed E-state index contributed by atoms with van der Waals surface area (Å²) in [7, 11) is 0. The number of aliphatic hydroxyl groups excluding tert-OH is 4. The van der Waals surface area contributed by atoms with E-state index in [0.717, 1.165) is 0 Å². The summed E-state index contributed by atoms with van der Waals surface area (Å²) in [6, 6.07) is 0. The van der Waals surface area contributed by atoms with Gasteiger partial charge in [-0.1, -0.05) is 0 Å². The molecule has 1 unspecified atom stereocenters. The van der Waals surface area contributed by atoms with E-state index in [1.165, 1.54) is 0 Å². The van der Waals surface area contributed by atoms with Crippen molar-refractivity contribution in [3.8, 4) is 0 Å². The molecule has 1 rings (SSSR count). The number of aliphatic hydroxyl groups is 5. The molecule has 5 N–H and O–H groups in total. The van der Waals surface area contributed by atoms with Crippen LogP contribution in [0.15, 0.2) is 4.99 Å². The molecule has 0 aromatic rings. The maximum Gasteiger partial charge on any atom is 0.305 e. The second-order valence-corrected chi connectivity index (χ2v) is 3.31. The van der Waals surface area contributed by atoms with E-state index >= 15 is 0 Å². The number of thiocarbonyl (C=S) groups is 1. The van der Waals surface area contributed by atoms with Crippen LogP contribution in [0.2, 0.25) is 0 Å². The fraction of sp³-hybridized carbons (Fsp3) is 0.857. The van der Waals surface area contributed by atoms with Crippen molar-refractivity contribution in [2.24, 2.45) is 4.99 Å². The third-order valence-corrected chi connectivity index (χ3v) is 2.24. The largest absolute Gasteiger partial charge is 0.394 e. The normalized spacial score (nSPS) is 45.9. The minimum absolute atomic E-state index is 0.653. The lowest BCUT2D eigenvalue weighted by atomic mass is 9.97. The van der Waals surface area contributed by atoms with Gasteiger partial charge in [0.25, 0.3) is 0 Å². The van der Waals surface area contributed by atoms with Crippen LogP contribution in [-0.2, 0) is 4.74 Å². The van der Waals surface area contributed by atoms with Gasteiger partial charge in [-0.15, -0.1) is 0 Å². The molecule has 7 nitrogen and oxygen atoms in total. The van der Waals surface area contributed by atoms with Crippen LogP contribution in [0.25, 0.3) is 0 Å². The van der Waals surface area contributed by atoms with Gasteiger partial charge >= 0.3 is 5.91 Å². The Morgan fingerprint density at radius 1 is 1.33 bits per heavy atom. The molecule has 0 aromatic carbocycles. The third-order valence-electron chi connectivity index (χ3n) is 2.15. The molecule has 0 spiro atoms. The van der Waals surface area contributed by atoms with Crippen LogP contribution in [0.5, 0.6) is 0 Å². The molecule has 0 aliphatic carbocycles. The standard InChI is InChI=1S/C7H11NO6S/c9-1-3-4(10)5(11)6(12)7(13,14-3)8-2-15/h3-6,9-13H,1H2/t3-,4-,5+,6+,7?/m1/s1. The first-order chi connectivity index (χ1) is 6.96. The van der Waals surface area contributed by atoms with E-state index in [1.54, 1.807) is 5.16 Å². The van der Waals surface area contributed by atoms with Gasteiger partial charge in [0.2, 0.25) is 0 Å². The lowest BCUT2D eigenvalue weighted by Gasteiger charge is -2.42. The second kappa shape index (κ2) is 4.60. The lowest BCUT2D eigenvalue weighted by molar-refractivity contribution is -0.345. The maximum atomic E-state index is 9.58. The molecule has 0 aromatic heterocycles. The highest BCUT2D eigenvalue weighted by Crippen LogP contribution is 2.28. The average molecular weight is 237 g/mol. The van der Waals surface area contributed by atoms with E-state index in [1.807, 2.05) is 0 Å². The van der Waals surface area contributed by atoms with Crippen LogP contribution in [0, 0.1) is 0 Å². The van der Waals surface area contributed by atoms with Crippen molar-refractivity contribution in [1.29, 1.82) is 0 Å². The van der Waals surface area contributed by atoms with Gasteiger partial charge in [-0.3, -0.25) is 0 Å². The molecule has 86 valence electrons. The quantitative estimate of drug-likeness (QED) is 0.260. The smallest absolute Gasteiger partial charge is 0.305 e. The molecule has 1 aliphatic rings. The van der Waals surface area contributed by atoms with Crippen molar-refractivity contribution >= 4 is 17.4 Å². The fourth-order valence-electron chi connectivity index (χ4n) is 1.29. The number of nitrogens with zero attached hydrogens (tertiary/aromatic N) is 1. The van der Waals surface area contributed by atoms with Crippen LogP contribution in [0.3, 0.4) is 0 Å². The van der Waals surface area contributed by atoms with Crippen molar-refractivity contribution in [3.63, 3.8) is 0 Å². The summed E-state index contributed by atoms with van der Waals surface area (Å²) in [5.41, 5.74) is 0. The van der Waals surface area contributed by atoms with Crippen molar-refractivity contribution in [3.05, 3.63) is 0 Å². The number of ether oxygens (including phenoxy) is 1. The summed E-state index contributed by atoms with van der Waals surface area (Å²) < 4.78 is 4.71. The molecular formula is C7H11NO6S. The van der Waals surface area contributed by atoms with Crippen LogP contribution >= 0.6 is 12.2 Å². The zero-order valence-electron chi connectivity index (χ0n) is 7.52. The first-order valence-corrected chi connectivity index (χ1v) is 4.51. The number of aliphatic imine (C=N–C) groups is 1. The van der Waals surface area contributed by atoms with E-state index in [4.69, 9.17) is 9.84 Å². The molecule has 15 heavy (non-hydrogen) atoms. The van der Waals surface area contributed by atoms with E-state index in [2.05, 4.69) is 17.2 Å². The topological polar surface area (TPSA) is 123 Å². The van der Waals surface area contributed by atoms with Gasteiger partial charge in [-0.05, 0) is 12.2 Å². The highest BCUT2D eigenvalue weighted by atomic mass is 32.1. The van der Waals surface area contributed by atoms with Crippen molar-refractivity contribution in [1.82, 2.24) is 0 Å². The van der Waals surface area contributed by atoms with Gasteiger partial charge in [-0.2, -0.15) is 4.99 Å². The van der Waals surface area contributed by atoms with Crippen LogP contribution < -0.4 is 0 Å². The zero-order chi connectivity index (χ0) is 11.6. The van der Waals surface area contributed by atoms with Gasteiger partial charge in [0.15, 0.2) is 6.10 Å². The van der Waals surface area contributed by atoms with E-state index in [0.29, 0.717) is 0 Å². The van der Waals surface area contributed by atoms with Crippen LogP contribution in [0.4, 0.5) is 0 Å². The summed E-state index contributed by atoms with van der Waals surface area (Å²) in [5.74, 6) is -2.49. The average Bonchev–Trinajstić information content (AvgIpc) is 2.21. The minimum atomic E-state index is -2.49. The molecular weight excluding hydrogens is 226 g/mol. The predicted molar refractivity (Wildman–Crippen MR) is 50.0 cm³/mol. The summed E-state index contributed by atoms with van der Waals surface area (Å²) in [5, 5.41) is 48.2. The van der Waals surface area contributed by atoms with Gasteiger partial charge in [-0.25, -0.2) is 0 Å². The van der Waals surface area contributed by atoms with Crippen molar-refractivity contribution in [2.45, 2.75) is 30.3 Å². The van der Waals surface area contributed by atoms with E-state index in [9.17, 15) is 20.4 Å². The van der Waals surface area contributed by atoms with Gasteiger partial charge in [0.05, 0.1) is 11.8 Å². The third kappa shape index (κ3) is 2.22. The molecule has 8 heteroatoms. The molecule has 1 aliphatic heterocycles. The van der Waals surface area contributed by atoms with E-state index < -0.39 is 36.9 Å². The molecule has 0 bridgehead atoms. The molecule has 0 amide bonds. The van der Waals surface area contributed by atoms with Crippen molar-refractivity contribution < 1.29 is 30.3 Å². The molecule has 0 radical (unpaired) electrons. The Hall–Kier alpha value is -0.440. The zero-order valence-corrected chi connectivity index (χ0v) is 8.33.